The lowest BCUT2D eigenvalue weighted by molar-refractivity contribution is 0.0193. The molecular formula is C7H15NO3. The maximum Gasteiger partial charge on any atom is 0.0989 e. The zero-order chi connectivity index (χ0) is 8.43. The molecule has 0 spiro atoms. The molecule has 4 N–H and O–H groups in total. The Morgan fingerprint density at radius 3 is 2.00 bits per heavy atom. The van der Waals surface area contributed by atoms with Gasteiger partial charge in [-0.15, -0.1) is 0 Å². The minimum absolute atomic E-state index is 0.0813. The molecule has 11 heavy (non-hydrogen) atoms. The van der Waals surface area contributed by atoms with Crippen LogP contribution in [0.25, 0.3) is 0 Å². The summed E-state index contributed by atoms with van der Waals surface area (Å²) in [6, 6.07) is -0.447. The SMILES string of the molecule is CC[C@H]1N[C@@H](CO)[C@H](O)[C@@H]1O. The van der Waals surface area contributed by atoms with Crippen LogP contribution in [-0.4, -0.2) is 46.2 Å². The van der Waals surface area contributed by atoms with Gasteiger partial charge in [-0.3, -0.25) is 0 Å². The zero-order valence-electron chi connectivity index (χ0n) is 6.57. The molecule has 0 bridgehead atoms. The molecule has 1 rings (SSSR count). The molecule has 0 aromatic carbocycles. The van der Waals surface area contributed by atoms with Crippen LogP contribution in [0.2, 0.25) is 0 Å². The van der Waals surface area contributed by atoms with Crippen molar-refractivity contribution in [1.82, 2.24) is 5.32 Å². The summed E-state index contributed by atoms with van der Waals surface area (Å²) < 4.78 is 0. The Morgan fingerprint density at radius 2 is 1.73 bits per heavy atom. The van der Waals surface area contributed by atoms with Gasteiger partial charge in [0.1, 0.15) is 0 Å². The van der Waals surface area contributed by atoms with E-state index in [4.69, 9.17) is 5.11 Å². The standard InChI is InChI=1S/C7H15NO3/c1-2-4-6(10)7(11)5(3-9)8-4/h4-11H,2-3H2,1H3/t4-,5+,6-,7+/m1/s1. The average Bonchev–Trinajstić information content (AvgIpc) is 2.30. The predicted molar refractivity (Wildman–Crippen MR) is 40.1 cm³/mol. The summed E-state index contributed by atoms with van der Waals surface area (Å²) in [7, 11) is 0. The van der Waals surface area contributed by atoms with Gasteiger partial charge < -0.3 is 20.6 Å². The second kappa shape index (κ2) is 3.49. The van der Waals surface area contributed by atoms with Gasteiger partial charge in [0.05, 0.1) is 24.9 Å². The van der Waals surface area contributed by atoms with E-state index in [1.165, 1.54) is 0 Å². The van der Waals surface area contributed by atoms with Crippen molar-refractivity contribution in [2.24, 2.45) is 0 Å². The first kappa shape index (κ1) is 8.93. The molecule has 0 aromatic rings. The van der Waals surface area contributed by atoms with E-state index in [0.717, 1.165) is 6.42 Å². The Bertz CT molecular complexity index is 113. The third-order valence-electron chi connectivity index (χ3n) is 2.24. The van der Waals surface area contributed by atoms with Crippen LogP contribution < -0.4 is 5.32 Å². The fourth-order valence-corrected chi connectivity index (χ4v) is 1.47. The summed E-state index contributed by atoms with van der Waals surface area (Å²) >= 11 is 0. The van der Waals surface area contributed by atoms with E-state index in [1.807, 2.05) is 6.92 Å². The topological polar surface area (TPSA) is 72.7 Å². The third-order valence-corrected chi connectivity index (χ3v) is 2.24. The smallest absolute Gasteiger partial charge is 0.0989 e. The molecule has 0 unspecified atom stereocenters. The normalized spacial score (nSPS) is 44.7. The number of aliphatic hydroxyl groups excluding tert-OH is 3. The number of hydrogen-bond donors (Lipinski definition) is 4. The van der Waals surface area contributed by atoms with Crippen LogP contribution in [0.5, 0.6) is 0 Å². The van der Waals surface area contributed by atoms with E-state index in [2.05, 4.69) is 5.32 Å². The molecular weight excluding hydrogens is 146 g/mol. The van der Waals surface area contributed by atoms with Crippen LogP contribution in [0.1, 0.15) is 13.3 Å². The molecule has 4 nitrogen and oxygen atoms in total. The molecule has 1 saturated heterocycles. The Morgan fingerprint density at radius 1 is 1.18 bits per heavy atom. The van der Waals surface area contributed by atoms with Gasteiger partial charge in [-0.2, -0.15) is 0 Å². The van der Waals surface area contributed by atoms with Gasteiger partial charge in [0.2, 0.25) is 0 Å². The van der Waals surface area contributed by atoms with E-state index < -0.39 is 12.2 Å². The summed E-state index contributed by atoms with van der Waals surface area (Å²) in [6.07, 6.45) is -0.809. The molecule has 1 aliphatic rings. The Balaban J connectivity index is 2.53. The maximum atomic E-state index is 9.34. The highest BCUT2D eigenvalue weighted by Crippen LogP contribution is 2.15. The van der Waals surface area contributed by atoms with Gasteiger partial charge in [-0.25, -0.2) is 0 Å². The molecule has 1 fully saturated rings. The molecule has 0 radical (unpaired) electrons. The molecule has 0 aliphatic carbocycles. The number of hydrogen-bond acceptors (Lipinski definition) is 4. The zero-order valence-corrected chi connectivity index (χ0v) is 6.57. The molecule has 0 saturated carbocycles. The Hall–Kier alpha value is -0.160. The van der Waals surface area contributed by atoms with Crippen LogP contribution in [-0.2, 0) is 0 Å². The van der Waals surface area contributed by atoms with Gasteiger partial charge in [0.15, 0.2) is 0 Å². The van der Waals surface area contributed by atoms with Crippen LogP contribution in [0.4, 0.5) is 0 Å². The van der Waals surface area contributed by atoms with Crippen LogP contribution in [0.3, 0.4) is 0 Å². The second-order valence-corrected chi connectivity index (χ2v) is 2.95. The van der Waals surface area contributed by atoms with Crippen LogP contribution in [0.15, 0.2) is 0 Å². The van der Waals surface area contributed by atoms with E-state index in [0.29, 0.717) is 0 Å². The summed E-state index contributed by atoms with van der Waals surface area (Å²) in [4.78, 5) is 0. The molecule has 0 amide bonds. The van der Waals surface area contributed by atoms with Gasteiger partial charge >= 0.3 is 0 Å². The van der Waals surface area contributed by atoms with Crippen molar-refractivity contribution in [2.75, 3.05) is 6.61 Å². The first-order valence-corrected chi connectivity index (χ1v) is 3.93. The molecule has 1 aliphatic heterocycles. The van der Waals surface area contributed by atoms with Gasteiger partial charge in [0, 0.05) is 6.04 Å². The second-order valence-electron chi connectivity index (χ2n) is 2.95. The van der Waals surface area contributed by atoms with Crippen molar-refractivity contribution >= 4 is 0 Å². The van der Waals surface area contributed by atoms with Crippen molar-refractivity contribution in [2.45, 2.75) is 37.6 Å². The molecule has 66 valence electrons. The average molecular weight is 161 g/mol. The predicted octanol–water partition coefficient (Wildman–Crippen LogP) is -1.55. The summed E-state index contributed by atoms with van der Waals surface area (Å²) in [5, 5.41) is 30.3. The first-order chi connectivity index (χ1) is 5.20. The third kappa shape index (κ3) is 1.54. The largest absolute Gasteiger partial charge is 0.395 e. The van der Waals surface area contributed by atoms with E-state index in [9.17, 15) is 10.2 Å². The van der Waals surface area contributed by atoms with Gasteiger partial charge in [-0.1, -0.05) is 6.92 Å². The minimum atomic E-state index is -0.829. The fourth-order valence-electron chi connectivity index (χ4n) is 1.47. The summed E-state index contributed by atoms with van der Waals surface area (Å²) in [5.41, 5.74) is 0. The van der Waals surface area contributed by atoms with Crippen LogP contribution >= 0.6 is 0 Å². The molecule has 4 atom stereocenters. The fraction of sp³-hybridized carbons (Fsp3) is 1.00. The summed E-state index contributed by atoms with van der Waals surface area (Å²) in [5.74, 6) is 0. The molecule has 0 aromatic heterocycles. The minimum Gasteiger partial charge on any atom is -0.395 e. The highest BCUT2D eigenvalue weighted by Gasteiger charge is 2.39. The Kier molecular flexibility index (Phi) is 2.84. The van der Waals surface area contributed by atoms with Crippen molar-refractivity contribution in [3.63, 3.8) is 0 Å². The number of nitrogens with one attached hydrogen (secondary N) is 1. The number of rotatable bonds is 2. The molecule has 4 heteroatoms. The highest BCUT2D eigenvalue weighted by atomic mass is 16.3. The summed E-state index contributed by atoms with van der Waals surface area (Å²) in [6.45, 7) is 1.79. The lowest BCUT2D eigenvalue weighted by atomic mass is 10.1. The van der Waals surface area contributed by atoms with Gasteiger partial charge in [0.25, 0.3) is 0 Å². The van der Waals surface area contributed by atoms with Crippen molar-refractivity contribution < 1.29 is 15.3 Å². The lowest BCUT2D eigenvalue weighted by Crippen LogP contribution is -2.36. The van der Waals surface area contributed by atoms with Crippen molar-refractivity contribution in [3.05, 3.63) is 0 Å². The quantitative estimate of drug-likeness (QED) is 0.396. The van der Waals surface area contributed by atoms with Crippen molar-refractivity contribution in [1.29, 1.82) is 0 Å². The van der Waals surface area contributed by atoms with E-state index in [1.54, 1.807) is 0 Å². The van der Waals surface area contributed by atoms with Crippen LogP contribution in [0, 0.1) is 0 Å². The van der Waals surface area contributed by atoms with Crippen molar-refractivity contribution in [3.8, 4) is 0 Å². The number of aliphatic hydroxyl groups is 3. The Labute approximate surface area is 65.9 Å². The maximum absolute atomic E-state index is 9.34. The van der Waals surface area contributed by atoms with Gasteiger partial charge in [-0.05, 0) is 6.42 Å². The first-order valence-electron chi connectivity index (χ1n) is 3.93. The monoisotopic (exact) mass is 161 g/mol. The highest BCUT2D eigenvalue weighted by molar-refractivity contribution is 4.96. The van der Waals surface area contributed by atoms with E-state index in [-0.39, 0.29) is 18.7 Å². The lowest BCUT2D eigenvalue weighted by Gasteiger charge is -2.12. The van der Waals surface area contributed by atoms with E-state index >= 15 is 0 Å². The molecule has 1 heterocycles.